The molecule has 0 aliphatic heterocycles. The van der Waals surface area contributed by atoms with E-state index in [2.05, 4.69) is 0 Å². The highest BCUT2D eigenvalue weighted by Gasteiger charge is 2.28. The molecule has 0 aliphatic rings. The van der Waals surface area contributed by atoms with Crippen LogP contribution in [0.15, 0.2) is 0 Å². The molecular weight excluding hydrogens is 214 g/mol. The summed E-state index contributed by atoms with van der Waals surface area (Å²) >= 11 is 0. The molecule has 86 valence electrons. The highest BCUT2D eigenvalue weighted by atomic mass is 32.2. The molecule has 0 radical (unpaired) electrons. The van der Waals surface area contributed by atoms with Crippen LogP contribution in [0.1, 0.15) is 26.7 Å². The van der Waals surface area contributed by atoms with Gasteiger partial charge in [0.2, 0.25) is 0 Å². The van der Waals surface area contributed by atoms with Crippen molar-refractivity contribution in [3.8, 4) is 0 Å². The zero-order chi connectivity index (χ0) is 11.4. The molecule has 0 amide bonds. The minimum absolute atomic E-state index is 0.160. The van der Waals surface area contributed by atoms with Crippen molar-refractivity contribution in [3.05, 3.63) is 0 Å². The van der Waals surface area contributed by atoms with E-state index >= 15 is 0 Å². The summed E-state index contributed by atoms with van der Waals surface area (Å²) in [6.45, 7) is 3.40. The van der Waals surface area contributed by atoms with Crippen molar-refractivity contribution < 1.29 is 17.2 Å². The van der Waals surface area contributed by atoms with Gasteiger partial charge in [-0.05, 0) is 12.8 Å². The molecule has 0 aromatic heterocycles. The number of halogens is 2. The molecule has 0 unspecified atom stereocenters. The Labute approximate surface area is 82.9 Å². The standard InChI is InChI=1S/C7H16F2N2O2S/c1-3-7(10,4-2)5-11-14(12,13)6(8)9/h6,11H,3-5,10H2,1-2H3. The topological polar surface area (TPSA) is 72.2 Å². The number of nitrogens with two attached hydrogens (primary N) is 1. The largest absolute Gasteiger partial charge is 0.350 e. The lowest BCUT2D eigenvalue weighted by molar-refractivity contribution is 0.231. The van der Waals surface area contributed by atoms with Crippen LogP contribution in [0.25, 0.3) is 0 Å². The van der Waals surface area contributed by atoms with E-state index in [1.807, 2.05) is 0 Å². The van der Waals surface area contributed by atoms with E-state index in [0.29, 0.717) is 12.8 Å². The first-order chi connectivity index (χ1) is 6.27. The molecule has 0 heterocycles. The van der Waals surface area contributed by atoms with Crippen molar-refractivity contribution >= 4 is 10.0 Å². The fraction of sp³-hybridized carbons (Fsp3) is 1.00. The summed E-state index contributed by atoms with van der Waals surface area (Å²) in [6, 6.07) is 0. The molecule has 0 rings (SSSR count). The number of alkyl halides is 2. The van der Waals surface area contributed by atoms with Crippen molar-refractivity contribution in [2.75, 3.05) is 6.54 Å². The summed E-state index contributed by atoms with van der Waals surface area (Å²) in [5, 5.41) is 0. The Morgan fingerprint density at radius 3 is 2.07 bits per heavy atom. The fourth-order valence-corrected chi connectivity index (χ4v) is 1.42. The second-order valence-corrected chi connectivity index (χ2v) is 4.93. The van der Waals surface area contributed by atoms with E-state index in [0.717, 1.165) is 0 Å². The molecule has 0 atom stereocenters. The Morgan fingerprint density at radius 2 is 1.79 bits per heavy atom. The zero-order valence-corrected chi connectivity index (χ0v) is 9.07. The van der Waals surface area contributed by atoms with Crippen LogP contribution in [0.3, 0.4) is 0 Å². The first-order valence-corrected chi connectivity index (χ1v) is 5.87. The maximum atomic E-state index is 11.9. The molecule has 0 saturated carbocycles. The quantitative estimate of drug-likeness (QED) is 0.703. The summed E-state index contributed by atoms with van der Waals surface area (Å²) in [5.74, 6) is -3.40. The Balaban J connectivity index is 4.31. The van der Waals surface area contributed by atoms with Gasteiger partial charge in [-0.2, -0.15) is 8.78 Å². The van der Waals surface area contributed by atoms with Crippen LogP contribution in [-0.4, -0.2) is 26.3 Å². The van der Waals surface area contributed by atoms with Crippen molar-refractivity contribution in [3.63, 3.8) is 0 Å². The van der Waals surface area contributed by atoms with Crippen molar-refractivity contribution in [2.24, 2.45) is 5.73 Å². The van der Waals surface area contributed by atoms with Gasteiger partial charge in [0.1, 0.15) is 0 Å². The fourth-order valence-electron chi connectivity index (χ4n) is 0.807. The van der Waals surface area contributed by atoms with E-state index in [1.165, 1.54) is 0 Å². The van der Waals surface area contributed by atoms with Gasteiger partial charge in [0.25, 0.3) is 10.0 Å². The predicted octanol–water partition coefficient (Wildman–Crippen LogP) is 0.646. The van der Waals surface area contributed by atoms with Crippen molar-refractivity contribution in [1.29, 1.82) is 0 Å². The summed E-state index contributed by atoms with van der Waals surface area (Å²) in [6.07, 6.45) is 1.05. The second-order valence-electron chi connectivity index (χ2n) is 3.20. The van der Waals surface area contributed by atoms with E-state index in [-0.39, 0.29) is 6.54 Å². The van der Waals surface area contributed by atoms with Gasteiger partial charge >= 0.3 is 5.76 Å². The SMILES string of the molecule is CCC(N)(CC)CNS(=O)(=O)C(F)F. The molecule has 3 N–H and O–H groups in total. The molecule has 0 aromatic rings. The van der Waals surface area contributed by atoms with Gasteiger partial charge in [-0.3, -0.25) is 0 Å². The molecule has 14 heavy (non-hydrogen) atoms. The molecule has 7 heteroatoms. The highest BCUT2D eigenvalue weighted by molar-refractivity contribution is 7.89. The number of hydrogen-bond donors (Lipinski definition) is 2. The minimum Gasteiger partial charge on any atom is -0.324 e. The maximum Gasteiger partial charge on any atom is 0.350 e. The Bertz CT molecular complexity index is 263. The number of hydrogen-bond acceptors (Lipinski definition) is 3. The number of sulfonamides is 1. The normalized spacial score (nSPS) is 13.6. The molecular formula is C7H16F2N2O2S. The predicted molar refractivity (Wildman–Crippen MR) is 50.4 cm³/mol. The molecule has 0 aliphatic carbocycles. The van der Waals surface area contributed by atoms with E-state index in [9.17, 15) is 17.2 Å². The van der Waals surface area contributed by atoms with E-state index in [4.69, 9.17) is 5.73 Å². The molecule has 0 saturated heterocycles. The average molecular weight is 230 g/mol. The first kappa shape index (κ1) is 13.7. The Hall–Kier alpha value is -0.270. The summed E-state index contributed by atoms with van der Waals surface area (Å²) in [5.41, 5.74) is 4.98. The summed E-state index contributed by atoms with van der Waals surface area (Å²) in [7, 11) is -4.51. The van der Waals surface area contributed by atoms with Crippen LogP contribution in [0.2, 0.25) is 0 Å². The van der Waals surface area contributed by atoms with Gasteiger partial charge in [-0.25, -0.2) is 13.1 Å². The molecule has 4 nitrogen and oxygen atoms in total. The van der Waals surface area contributed by atoms with Gasteiger partial charge in [-0.15, -0.1) is 0 Å². The molecule has 0 fully saturated rings. The van der Waals surface area contributed by atoms with Gasteiger partial charge < -0.3 is 5.73 Å². The van der Waals surface area contributed by atoms with Crippen molar-refractivity contribution in [1.82, 2.24) is 4.72 Å². The zero-order valence-electron chi connectivity index (χ0n) is 8.26. The second kappa shape index (κ2) is 4.99. The summed E-state index contributed by atoms with van der Waals surface area (Å²) in [4.78, 5) is 0. The Kier molecular flexibility index (Phi) is 4.90. The Morgan fingerprint density at radius 1 is 1.36 bits per heavy atom. The molecule has 0 aromatic carbocycles. The van der Waals surface area contributed by atoms with Crippen LogP contribution in [0, 0.1) is 0 Å². The van der Waals surface area contributed by atoms with Gasteiger partial charge in [-0.1, -0.05) is 13.8 Å². The maximum absolute atomic E-state index is 11.9. The van der Waals surface area contributed by atoms with E-state index in [1.54, 1.807) is 18.6 Å². The molecule has 0 spiro atoms. The number of nitrogens with one attached hydrogen (secondary N) is 1. The number of rotatable bonds is 6. The van der Waals surface area contributed by atoms with Crippen LogP contribution in [0.5, 0.6) is 0 Å². The van der Waals surface area contributed by atoms with Gasteiger partial charge in [0, 0.05) is 12.1 Å². The third-order valence-electron chi connectivity index (χ3n) is 2.27. The van der Waals surface area contributed by atoms with Crippen LogP contribution >= 0.6 is 0 Å². The van der Waals surface area contributed by atoms with Crippen LogP contribution in [0.4, 0.5) is 8.78 Å². The molecule has 0 bridgehead atoms. The lowest BCUT2D eigenvalue weighted by atomic mass is 9.95. The van der Waals surface area contributed by atoms with Gasteiger partial charge in [0.05, 0.1) is 0 Å². The minimum atomic E-state index is -4.51. The van der Waals surface area contributed by atoms with Gasteiger partial charge in [0.15, 0.2) is 0 Å². The monoisotopic (exact) mass is 230 g/mol. The highest BCUT2D eigenvalue weighted by Crippen LogP contribution is 2.11. The third kappa shape index (κ3) is 3.85. The smallest absolute Gasteiger partial charge is 0.324 e. The summed E-state index contributed by atoms with van der Waals surface area (Å²) < 4.78 is 47.0. The van der Waals surface area contributed by atoms with E-state index < -0.39 is 21.3 Å². The lowest BCUT2D eigenvalue weighted by Gasteiger charge is -2.26. The average Bonchev–Trinajstić information content (AvgIpc) is 2.14. The van der Waals surface area contributed by atoms with Crippen LogP contribution < -0.4 is 10.5 Å². The first-order valence-electron chi connectivity index (χ1n) is 4.33. The van der Waals surface area contributed by atoms with Crippen LogP contribution in [-0.2, 0) is 10.0 Å². The van der Waals surface area contributed by atoms with Crippen molar-refractivity contribution in [2.45, 2.75) is 38.0 Å². The third-order valence-corrected chi connectivity index (χ3v) is 3.28. The lowest BCUT2D eigenvalue weighted by Crippen LogP contribution is -2.50.